The summed E-state index contributed by atoms with van der Waals surface area (Å²) in [5.74, 6) is -2.25. The second-order valence-corrected chi connectivity index (χ2v) is 11.2. The first-order valence-corrected chi connectivity index (χ1v) is 14.9. The number of alkyl halides is 3. The van der Waals surface area contributed by atoms with Crippen LogP contribution in [-0.4, -0.2) is 57.6 Å². The number of amides is 1. The Balaban J connectivity index is 1.38. The summed E-state index contributed by atoms with van der Waals surface area (Å²) in [5, 5.41) is 10.1. The van der Waals surface area contributed by atoms with Crippen molar-refractivity contribution in [2.45, 2.75) is 6.18 Å². The molecule has 0 saturated carbocycles. The van der Waals surface area contributed by atoms with Crippen LogP contribution in [-0.2, 0) is 6.18 Å². The van der Waals surface area contributed by atoms with Crippen molar-refractivity contribution >= 4 is 28.7 Å². The molecule has 2 N–H and O–H groups in total. The molecule has 3 heterocycles. The van der Waals surface area contributed by atoms with Crippen molar-refractivity contribution in [3.63, 3.8) is 0 Å². The minimum Gasteiger partial charge on any atom is -0.492 e. The number of hydrogen-bond donors (Lipinski definition) is 2. The van der Waals surface area contributed by atoms with E-state index in [4.69, 9.17) is 4.74 Å². The Labute approximate surface area is 277 Å². The van der Waals surface area contributed by atoms with Crippen LogP contribution in [0, 0.1) is 11.6 Å². The van der Waals surface area contributed by atoms with E-state index in [0.717, 1.165) is 41.5 Å². The quantitative estimate of drug-likeness (QED) is 0.144. The van der Waals surface area contributed by atoms with Crippen LogP contribution in [0.4, 0.5) is 39.3 Å². The van der Waals surface area contributed by atoms with Crippen LogP contribution in [0.5, 0.6) is 5.75 Å². The molecule has 0 saturated heterocycles. The number of carbonyl (C=O) groups is 1. The van der Waals surface area contributed by atoms with Gasteiger partial charge in [-0.05, 0) is 68.7 Å². The second-order valence-electron chi connectivity index (χ2n) is 11.2. The number of anilines is 3. The van der Waals surface area contributed by atoms with Gasteiger partial charge >= 0.3 is 6.18 Å². The van der Waals surface area contributed by atoms with Gasteiger partial charge < -0.3 is 20.3 Å². The average molecular weight is 674 g/mol. The number of fused-ring (bicyclic) bond motifs is 1. The van der Waals surface area contributed by atoms with E-state index in [0.29, 0.717) is 40.4 Å². The summed E-state index contributed by atoms with van der Waals surface area (Å²) in [5.41, 5.74) is 0.784. The predicted molar refractivity (Wildman–Crippen MR) is 175 cm³/mol. The number of ether oxygens (including phenoxy) is 1. The van der Waals surface area contributed by atoms with Gasteiger partial charge in [0.05, 0.1) is 22.3 Å². The van der Waals surface area contributed by atoms with Crippen molar-refractivity contribution in [2.24, 2.45) is 0 Å². The van der Waals surface area contributed by atoms with Crippen molar-refractivity contribution < 1.29 is 31.5 Å². The fourth-order valence-corrected chi connectivity index (χ4v) is 5.02. The van der Waals surface area contributed by atoms with Crippen LogP contribution in [0.3, 0.4) is 0 Å². The smallest absolute Gasteiger partial charge is 0.417 e. The van der Waals surface area contributed by atoms with E-state index in [9.17, 15) is 26.7 Å². The van der Waals surface area contributed by atoms with Crippen molar-refractivity contribution in [1.82, 2.24) is 24.5 Å². The molecular weight excluding hydrogens is 645 g/mol. The van der Waals surface area contributed by atoms with Crippen LogP contribution >= 0.6 is 0 Å². The molecule has 6 aromatic rings. The normalized spacial score (nSPS) is 11.6. The van der Waals surface area contributed by atoms with Crippen LogP contribution in [0.1, 0.15) is 15.9 Å². The molecule has 0 aliphatic rings. The number of aromatic nitrogens is 4. The molecule has 0 radical (unpaired) electrons. The van der Waals surface area contributed by atoms with Gasteiger partial charge in [-0.3, -0.25) is 4.79 Å². The van der Waals surface area contributed by atoms with Gasteiger partial charge in [0.2, 0.25) is 5.95 Å². The van der Waals surface area contributed by atoms with Crippen molar-refractivity contribution in [3.8, 4) is 28.3 Å². The van der Waals surface area contributed by atoms with E-state index in [1.807, 2.05) is 31.1 Å². The van der Waals surface area contributed by atoms with Crippen LogP contribution in [0.2, 0.25) is 0 Å². The molecule has 0 unspecified atom stereocenters. The van der Waals surface area contributed by atoms with E-state index in [-0.39, 0.29) is 17.3 Å². The Morgan fingerprint density at radius 3 is 2.41 bits per heavy atom. The molecule has 0 aliphatic heterocycles. The standard InChI is InChI=1S/C35H28F5N7O2/c1-46(2)16-17-49-25-9-4-8-24(19-25)43-34-41-15-14-28(44-34)31-29-13-12-22(35(38,39)40)20-47(29)45-32(31)21-6-3-7-23(18-21)42-33(48)30-26(36)10-5-11-27(30)37/h3-15,18-20H,16-17H2,1-2H3,(H,42,48)(H,41,43,44). The summed E-state index contributed by atoms with van der Waals surface area (Å²) < 4.78 is 76.4. The first-order chi connectivity index (χ1) is 23.5. The maximum absolute atomic E-state index is 14.3. The fraction of sp³-hybridized carbons (Fsp3) is 0.143. The molecule has 14 heteroatoms. The van der Waals surface area contributed by atoms with Gasteiger partial charge in [0.15, 0.2) is 0 Å². The van der Waals surface area contributed by atoms with Gasteiger partial charge in [-0.25, -0.2) is 23.3 Å². The number of nitrogens with zero attached hydrogens (tertiary/aromatic N) is 5. The summed E-state index contributed by atoms with van der Waals surface area (Å²) in [6.45, 7) is 1.22. The minimum absolute atomic E-state index is 0.168. The maximum Gasteiger partial charge on any atom is 0.417 e. The zero-order chi connectivity index (χ0) is 34.7. The first kappa shape index (κ1) is 33.0. The van der Waals surface area contributed by atoms with E-state index in [1.165, 1.54) is 24.4 Å². The predicted octanol–water partition coefficient (Wildman–Crippen LogP) is 7.69. The zero-order valence-electron chi connectivity index (χ0n) is 26.1. The SMILES string of the molecule is CN(C)CCOc1cccc(Nc2nccc(-c3c(-c4cccc(NC(=O)c5c(F)cccc5F)c4)nn4cc(C(F)(F)F)ccc34)n2)c1. The van der Waals surface area contributed by atoms with Gasteiger partial charge in [0, 0.05) is 41.9 Å². The number of likely N-dealkylation sites (N-methyl/N-ethyl adjacent to an activating group) is 1. The Kier molecular flexibility index (Phi) is 9.23. The largest absolute Gasteiger partial charge is 0.492 e. The highest BCUT2D eigenvalue weighted by Gasteiger charge is 2.32. The van der Waals surface area contributed by atoms with Gasteiger partial charge in [-0.1, -0.05) is 24.3 Å². The Hall–Kier alpha value is -5.89. The van der Waals surface area contributed by atoms with Gasteiger partial charge in [0.1, 0.15) is 35.2 Å². The number of carbonyl (C=O) groups excluding carboxylic acids is 1. The lowest BCUT2D eigenvalue weighted by atomic mass is 10.0. The molecule has 0 fully saturated rings. The Bertz CT molecular complexity index is 2130. The van der Waals surface area contributed by atoms with Crippen LogP contribution < -0.4 is 15.4 Å². The third-order valence-corrected chi connectivity index (χ3v) is 7.35. The highest BCUT2D eigenvalue weighted by Crippen LogP contribution is 2.37. The zero-order valence-corrected chi connectivity index (χ0v) is 26.1. The summed E-state index contributed by atoms with van der Waals surface area (Å²) >= 11 is 0. The number of benzene rings is 3. The lowest BCUT2D eigenvalue weighted by Gasteiger charge is -2.12. The molecule has 9 nitrogen and oxygen atoms in total. The Morgan fingerprint density at radius 1 is 0.918 bits per heavy atom. The summed E-state index contributed by atoms with van der Waals surface area (Å²) in [6.07, 6.45) is -2.25. The molecule has 49 heavy (non-hydrogen) atoms. The molecular formula is C35H28F5N7O2. The molecule has 0 aliphatic carbocycles. The molecule has 250 valence electrons. The first-order valence-electron chi connectivity index (χ1n) is 14.9. The summed E-state index contributed by atoms with van der Waals surface area (Å²) in [7, 11) is 3.89. The average Bonchev–Trinajstić information content (AvgIpc) is 3.44. The lowest BCUT2D eigenvalue weighted by Crippen LogP contribution is -2.19. The van der Waals surface area contributed by atoms with Crippen LogP contribution in [0.15, 0.2) is 97.3 Å². The number of nitrogens with one attached hydrogen (secondary N) is 2. The van der Waals surface area contributed by atoms with E-state index in [2.05, 4.69) is 25.7 Å². The van der Waals surface area contributed by atoms with Crippen molar-refractivity contribution in [2.75, 3.05) is 37.9 Å². The second kappa shape index (κ2) is 13.7. The fourth-order valence-electron chi connectivity index (χ4n) is 5.02. The van der Waals surface area contributed by atoms with Crippen LogP contribution in [0.25, 0.3) is 28.0 Å². The molecule has 0 atom stereocenters. The van der Waals surface area contributed by atoms with E-state index < -0.39 is 34.8 Å². The highest BCUT2D eigenvalue weighted by molar-refractivity contribution is 6.05. The minimum atomic E-state index is -4.62. The van der Waals surface area contributed by atoms with Crippen molar-refractivity contribution in [3.05, 3.63) is 120 Å². The van der Waals surface area contributed by atoms with E-state index in [1.54, 1.807) is 30.3 Å². The topological polar surface area (TPSA) is 96.7 Å². The molecule has 6 rings (SSSR count). The molecule has 3 aromatic heterocycles. The van der Waals surface area contributed by atoms with E-state index >= 15 is 0 Å². The third-order valence-electron chi connectivity index (χ3n) is 7.35. The molecule has 0 spiro atoms. The summed E-state index contributed by atoms with van der Waals surface area (Å²) in [4.78, 5) is 23.8. The Morgan fingerprint density at radius 2 is 1.65 bits per heavy atom. The number of pyridine rings is 1. The van der Waals surface area contributed by atoms with Gasteiger partial charge in [0.25, 0.3) is 5.91 Å². The molecule has 3 aromatic carbocycles. The number of hydrogen-bond acceptors (Lipinski definition) is 7. The number of rotatable bonds is 10. The lowest BCUT2D eigenvalue weighted by molar-refractivity contribution is -0.137. The van der Waals surface area contributed by atoms with Gasteiger partial charge in [-0.15, -0.1) is 0 Å². The van der Waals surface area contributed by atoms with Crippen molar-refractivity contribution in [1.29, 1.82) is 0 Å². The third kappa shape index (κ3) is 7.49. The maximum atomic E-state index is 14.3. The monoisotopic (exact) mass is 673 g/mol. The molecule has 1 amide bonds. The van der Waals surface area contributed by atoms with Gasteiger partial charge in [-0.2, -0.15) is 18.3 Å². The summed E-state index contributed by atoms with van der Waals surface area (Å²) in [6, 6.07) is 20.3. The highest BCUT2D eigenvalue weighted by atomic mass is 19.4. The molecule has 0 bridgehead atoms. The number of halogens is 5.